The Morgan fingerprint density at radius 2 is 2.20 bits per heavy atom. The van der Waals surface area contributed by atoms with Gasteiger partial charge in [-0.25, -0.2) is 0 Å². The zero-order valence-corrected chi connectivity index (χ0v) is 11.6. The number of carboxylic acid groups (broad SMARTS) is 1. The Bertz CT molecular complexity index is 518. The van der Waals surface area contributed by atoms with Gasteiger partial charge in [0.15, 0.2) is 0 Å². The van der Waals surface area contributed by atoms with Crippen molar-refractivity contribution in [1.82, 2.24) is 9.88 Å². The van der Waals surface area contributed by atoms with Gasteiger partial charge in [0.25, 0.3) is 5.91 Å². The molecule has 1 aliphatic heterocycles. The number of carbonyl (C=O) groups excluding carboxylic acids is 1. The fourth-order valence-electron chi connectivity index (χ4n) is 2.45. The first-order valence-corrected chi connectivity index (χ1v) is 6.57. The average Bonchev–Trinajstić information content (AvgIpc) is 2.89. The van der Waals surface area contributed by atoms with Crippen LogP contribution in [0.3, 0.4) is 0 Å². The van der Waals surface area contributed by atoms with Crippen LogP contribution in [-0.4, -0.2) is 52.7 Å². The molecule has 6 nitrogen and oxygen atoms in total. The summed E-state index contributed by atoms with van der Waals surface area (Å²) in [7, 11) is 0. The van der Waals surface area contributed by atoms with Gasteiger partial charge in [0.1, 0.15) is 5.92 Å². The van der Waals surface area contributed by atoms with Gasteiger partial charge in [-0.05, 0) is 25.5 Å². The number of pyridine rings is 1. The highest BCUT2D eigenvalue weighted by Gasteiger charge is 2.39. The largest absolute Gasteiger partial charge is 0.481 e. The molecule has 0 radical (unpaired) electrons. The van der Waals surface area contributed by atoms with Crippen LogP contribution in [0.1, 0.15) is 22.8 Å². The SMILES string of the molecule is CCN(C(=O)c1cncc(C)c1)C1COCC1C(=O)O. The number of hydrogen-bond donors (Lipinski definition) is 1. The number of carbonyl (C=O) groups is 2. The van der Waals surface area contributed by atoms with Gasteiger partial charge in [-0.3, -0.25) is 14.6 Å². The first kappa shape index (κ1) is 14.5. The van der Waals surface area contributed by atoms with Crippen LogP contribution in [0, 0.1) is 12.8 Å². The van der Waals surface area contributed by atoms with Crippen LogP contribution in [0.25, 0.3) is 0 Å². The maximum atomic E-state index is 12.5. The smallest absolute Gasteiger partial charge is 0.311 e. The van der Waals surface area contributed by atoms with Crippen LogP contribution in [0.2, 0.25) is 0 Å². The van der Waals surface area contributed by atoms with Crippen LogP contribution in [0.5, 0.6) is 0 Å². The molecule has 1 N–H and O–H groups in total. The summed E-state index contributed by atoms with van der Waals surface area (Å²) in [5.74, 6) is -1.80. The molecule has 2 rings (SSSR count). The first-order chi connectivity index (χ1) is 9.54. The van der Waals surface area contributed by atoms with E-state index in [0.717, 1.165) is 5.56 Å². The standard InChI is InChI=1S/C14H18N2O4/c1-3-16(12-8-20-7-11(12)14(18)19)13(17)10-4-9(2)5-15-6-10/h4-6,11-12H,3,7-8H2,1-2H3,(H,18,19). The summed E-state index contributed by atoms with van der Waals surface area (Å²) < 4.78 is 5.23. The van der Waals surface area contributed by atoms with Crippen LogP contribution < -0.4 is 0 Å². The molecule has 0 aromatic carbocycles. The van der Waals surface area contributed by atoms with Gasteiger partial charge in [0, 0.05) is 18.9 Å². The van der Waals surface area contributed by atoms with Crippen molar-refractivity contribution < 1.29 is 19.4 Å². The Morgan fingerprint density at radius 3 is 2.80 bits per heavy atom. The van der Waals surface area contributed by atoms with Gasteiger partial charge in [0.2, 0.25) is 0 Å². The second-order valence-corrected chi connectivity index (χ2v) is 4.89. The van der Waals surface area contributed by atoms with Crippen molar-refractivity contribution in [3.05, 3.63) is 29.6 Å². The van der Waals surface area contributed by atoms with Crippen LogP contribution in [0.15, 0.2) is 18.5 Å². The number of ether oxygens (including phenoxy) is 1. The van der Waals surface area contributed by atoms with E-state index in [-0.39, 0.29) is 19.1 Å². The van der Waals surface area contributed by atoms with Gasteiger partial charge in [-0.2, -0.15) is 0 Å². The summed E-state index contributed by atoms with van der Waals surface area (Å²) in [5, 5.41) is 9.19. The van der Waals surface area contributed by atoms with Gasteiger partial charge < -0.3 is 14.7 Å². The quantitative estimate of drug-likeness (QED) is 0.887. The molecule has 20 heavy (non-hydrogen) atoms. The zero-order valence-electron chi connectivity index (χ0n) is 11.6. The van der Waals surface area contributed by atoms with Crippen LogP contribution >= 0.6 is 0 Å². The van der Waals surface area contributed by atoms with Crippen molar-refractivity contribution >= 4 is 11.9 Å². The van der Waals surface area contributed by atoms with E-state index in [1.165, 1.54) is 6.20 Å². The molecule has 2 unspecified atom stereocenters. The maximum Gasteiger partial charge on any atom is 0.311 e. The fraction of sp³-hybridized carbons (Fsp3) is 0.500. The lowest BCUT2D eigenvalue weighted by atomic mass is 10.0. The molecule has 1 aromatic heterocycles. The summed E-state index contributed by atoms with van der Waals surface area (Å²) in [5.41, 5.74) is 1.37. The van der Waals surface area contributed by atoms with Crippen molar-refractivity contribution in [2.24, 2.45) is 5.92 Å². The third-order valence-corrected chi connectivity index (χ3v) is 3.49. The zero-order chi connectivity index (χ0) is 14.7. The Kier molecular flexibility index (Phi) is 4.34. The number of carboxylic acids is 1. The van der Waals surface area contributed by atoms with E-state index in [2.05, 4.69) is 4.98 Å². The molecular formula is C14H18N2O4. The molecule has 1 aliphatic rings. The predicted molar refractivity (Wildman–Crippen MR) is 71.4 cm³/mol. The molecule has 1 fully saturated rings. The molecule has 0 spiro atoms. The topological polar surface area (TPSA) is 79.7 Å². The van der Waals surface area contributed by atoms with Crippen LogP contribution in [-0.2, 0) is 9.53 Å². The molecule has 0 aliphatic carbocycles. The Morgan fingerprint density at radius 1 is 1.45 bits per heavy atom. The van der Waals surface area contributed by atoms with Crippen molar-refractivity contribution in [3.63, 3.8) is 0 Å². The Balaban J connectivity index is 2.23. The number of rotatable bonds is 4. The predicted octanol–water partition coefficient (Wildman–Crippen LogP) is 0.952. The van der Waals surface area contributed by atoms with E-state index in [1.54, 1.807) is 17.2 Å². The average molecular weight is 278 g/mol. The molecule has 108 valence electrons. The highest BCUT2D eigenvalue weighted by Crippen LogP contribution is 2.22. The normalized spacial score (nSPS) is 21.7. The van der Waals surface area contributed by atoms with Crippen molar-refractivity contribution in [1.29, 1.82) is 0 Å². The molecule has 6 heteroatoms. The highest BCUT2D eigenvalue weighted by molar-refractivity contribution is 5.94. The minimum Gasteiger partial charge on any atom is -0.481 e. The Labute approximate surface area is 117 Å². The highest BCUT2D eigenvalue weighted by atomic mass is 16.5. The number of amides is 1. The number of aromatic nitrogens is 1. The minimum absolute atomic E-state index is 0.149. The van der Waals surface area contributed by atoms with E-state index in [4.69, 9.17) is 4.74 Å². The van der Waals surface area contributed by atoms with Gasteiger partial charge in [0.05, 0.1) is 24.8 Å². The first-order valence-electron chi connectivity index (χ1n) is 6.57. The third kappa shape index (κ3) is 2.80. The summed E-state index contributed by atoms with van der Waals surface area (Å²) in [6.07, 6.45) is 3.18. The number of aryl methyl sites for hydroxylation is 1. The number of aliphatic carboxylic acids is 1. The Hall–Kier alpha value is -1.95. The van der Waals surface area contributed by atoms with Gasteiger partial charge in [-0.15, -0.1) is 0 Å². The van der Waals surface area contributed by atoms with Gasteiger partial charge >= 0.3 is 5.97 Å². The molecule has 2 heterocycles. The molecule has 1 amide bonds. The number of hydrogen-bond acceptors (Lipinski definition) is 4. The molecule has 0 saturated carbocycles. The lowest BCUT2D eigenvalue weighted by Gasteiger charge is -2.29. The van der Waals surface area contributed by atoms with Gasteiger partial charge in [-0.1, -0.05) is 0 Å². The summed E-state index contributed by atoms with van der Waals surface area (Å²) in [4.78, 5) is 29.3. The van der Waals surface area contributed by atoms with Crippen molar-refractivity contribution in [2.45, 2.75) is 19.9 Å². The summed E-state index contributed by atoms with van der Waals surface area (Å²) in [6.45, 7) is 4.54. The molecule has 2 atom stereocenters. The second-order valence-electron chi connectivity index (χ2n) is 4.89. The van der Waals surface area contributed by atoms with E-state index in [0.29, 0.717) is 12.1 Å². The van der Waals surface area contributed by atoms with E-state index in [9.17, 15) is 14.7 Å². The van der Waals surface area contributed by atoms with E-state index < -0.39 is 17.9 Å². The maximum absolute atomic E-state index is 12.5. The van der Waals surface area contributed by atoms with Crippen molar-refractivity contribution in [3.8, 4) is 0 Å². The van der Waals surface area contributed by atoms with E-state index >= 15 is 0 Å². The minimum atomic E-state index is -0.930. The summed E-state index contributed by atoms with van der Waals surface area (Å²) in [6, 6.07) is 1.33. The summed E-state index contributed by atoms with van der Waals surface area (Å²) >= 11 is 0. The molecule has 1 saturated heterocycles. The fourth-order valence-corrected chi connectivity index (χ4v) is 2.45. The monoisotopic (exact) mass is 278 g/mol. The lowest BCUT2D eigenvalue weighted by molar-refractivity contribution is -0.142. The molecular weight excluding hydrogens is 260 g/mol. The number of nitrogens with zero attached hydrogens (tertiary/aromatic N) is 2. The lowest BCUT2D eigenvalue weighted by Crippen LogP contribution is -2.46. The second kappa shape index (κ2) is 6.00. The molecule has 1 aromatic rings. The van der Waals surface area contributed by atoms with Crippen LogP contribution in [0.4, 0.5) is 0 Å². The molecule has 0 bridgehead atoms. The number of likely N-dealkylation sites (N-methyl/N-ethyl adjacent to an activating group) is 1. The third-order valence-electron chi connectivity index (χ3n) is 3.49. The van der Waals surface area contributed by atoms with Crippen molar-refractivity contribution in [2.75, 3.05) is 19.8 Å². The van der Waals surface area contributed by atoms with E-state index in [1.807, 2.05) is 13.8 Å².